The Labute approximate surface area is 119 Å². The van der Waals surface area contributed by atoms with Crippen molar-refractivity contribution in [2.75, 3.05) is 11.1 Å². The van der Waals surface area contributed by atoms with Gasteiger partial charge in [0.1, 0.15) is 15.9 Å². The molecule has 1 amide bonds. The number of hydrogen-bond donors (Lipinski definition) is 3. The first-order valence-corrected chi connectivity index (χ1v) is 6.60. The summed E-state index contributed by atoms with van der Waals surface area (Å²) in [5.41, 5.74) is 13.4. The second-order valence-corrected chi connectivity index (χ2v) is 5.28. The van der Waals surface area contributed by atoms with E-state index >= 15 is 0 Å². The summed E-state index contributed by atoms with van der Waals surface area (Å²) in [6, 6.07) is 1.95. The summed E-state index contributed by atoms with van der Waals surface area (Å²) >= 11 is 1.12. The number of thiophene rings is 1. The van der Waals surface area contributed by atoms with Gasteiger partial charge in [0.15, 0.2) is 0 Å². The Morgan fingerprint density at radius 3 is 2.85 bits per heavy atom. The maximum absolute atomic E-state index is 11.4. The number of nitrogens with zero attached hydrogens (tertiary/aromatic N) is 3. The van der Waals surface area contributed by atoms with Gasteiger partial charge >= 0.3 is 0 Å². The van der Waals surface area contributed by atoms with Crippen molar-refractivity contribution >= 4 is 27.9 Å². The number of rotatable bonds is 4. The molecule has 2 aromatic heterocycles. The Kier molecular flexibility index (Phi) is 3.63. The van der Waals surface area contributed by atoms with Gasteiger partial charge < -0.3 is 16.8 Å². The van der Waals surface area contributed by atoms with Crippen molar-refractivity contribution in [2.24, 2.45) is 12.8 Å². The summed E-state index contributed by atoms with van der Waals surface area (Å²) in [5.74, 6) is -0.648. The van der Waals surface area contributed by atoms with Crippen LogP contribution in [-0.2, 0) is 13.6 Å². The molecule has 0 spiro atoms. The molecule has 0 bridgehead atoms. The molecule has 0 saturated heterocycles. The van der Waals surface area contributed by atoms with E-state index in [4.69, 9.17) is 16.7 Å². The van der Waals surface area contributed by atoms with Crippen LogP contribution in [0.3, 0.4) is 0 Å². The predicted molar refractivity (Wildman–Crippen MR) is 77.2 cm³/mol. The van der Waals surface area contributed by atoms with Gasteiger partial charge in [0.25, 0.3) is 5.91 Å². The average Bonchev–Trinajstić information content (AvgIpc) is 2.89. The molecular formula is C12H14N6OS. The summed E-state index contributed by atoms with van der Waals surface area (Å²) in [6.07, 6.45) is 1.74. The first-order valence-electron chi connectivity index (χ1n) is 5.79. The lowest BCUT2D eigenvalue weighted by Crippen LogP contribution is -2.14. The maximum Gasteiger partial charge on any atom is 0.253 e. The van der Waals surface area contributed by atoms with Crippen molar-refractivity contribution in [3.8, 4) is 6.07 Å². The summed E-state index contributed by atoms with van der Waals surface area (Å²) in [6.45, 7) is 2.42. The Hall–Kier alpha value is -2.53. The van der Waals surface area contributed by atoms with Crippen LogP contribution in [0.4, 0.5) is 10.7 Å². The third-order valence-corrected chi connectivity index (χ3v) is 4.14. The number of anilines is 2. The smallest absolute Gasteiger partial charge is 0.253 e. The van der Waals surface area contributed by atoms with Gasteiger partial charge in [-0.3, -0.25) is 9.48 Å². The van der Waals surface area contributed by atoms with Crippen LogP contribution < -0.4 is 16.8 Å². The van der Waals surface area contributed by atoms with Crippen LogP contribution in [0.25, 0.3) is 0 Å². The molecule has 0 unspecified atom stereocenters. The highest BCUT2D eigenvalue weighted by Crippen LogP contribution is 2.35. The van der Waals surface area contributed by atoms with E-state index in [-0.39, 0.29) is 16.1 Å². The van der Waals surface area contributed by atoms with Crippen molar-refractivity contribution in [1.29, 1.82) is 5.26 Å². The zero-order valence-electron chi connectivity index (χ0n) is 11.1. The normalized spacial score (nSPS) is 10.2. The molecule has 0 aliphatic heterocycles. The molecule has 104 valence electrons. The largest absolute Gasteiger partial charge is 0.396 e. The van der Waals surface area contributed by atoms with Gasteiger partial charge in [0.05, 0.1) is 17.4 Å². The SMILES string of the molecule is Cc1c(CNc2sc(C#N)c(N)c2C(N)=O)cnn1C. The van der Waals surface area contributed by atoms with Crippen LogP contribution in [0.5, 0.6) is 0 Å². The lowest BCUT2D eigenvalue weighted by molar-refractivity contribution is 0.100. The molecule has 0 aliphatic carbocycles. The Balaban J connectivity index is 2.28. The van der Waals surface area contributed by atoms with Gasteiger partial charge in [0.2, 0.25) is 0 Å². The summed E-state index contributed by atoms with van der Waals surface area (Å²) in [7, 11) is 1.85. The number of aromatic nitrogens is 2. The van der Waals surface area contributed by atoms with Crippen molar-refractivity contribution in [3.05, 3.63) is 27.9 Å². The van der Waals surface area contributed by atoms with E-state index in [2.05, 4.69) is 10.4 Å². The fourth-order valence-corrected chi connectivity index (χ4v) is 2.71. The van der Waals surface area contributed by atoms with E-state index in [9.17, 15) is 4.79 Å². The second kappa shape index (κ2) is 5.22. The highest BCUT2D eigenvalue weighted by atomic mass is 32.1. The van der Waals surface area contributed by atoms with Gasteiger partial charge in [-0.25, -0.2) is 0 Å². The molecule has 8 heteroatoms. The molecular weight excluding hydrogens is 276 g/mol. The van der Waals surface area contributed by atoms with E-state index in [0.29, 0.717) is 11.5 Å². The van der Waals surface area contributed by atoms with Crippen molar-refractivity contribution in [2.45, 2.75) is 13.5 Å². The molecule has 20 heavy (non-hydrogen) atoms. The number of primary amides is 1. The summed E-state index contributed by atoms with van der Waals surface area (Å²) < 4.78 is 1.76. The Morgan fingerprint density at radius 1 is 1.65 bits per heavy atom. The minimum Gasteiger partial charge on any atom is -0.396 e. The molecule has 0 fully saturated rings. The van der Waals surface area contributed by atoms with Gasteiger partial charge in [0, 0.05) is 24.8 Å². The second-order valence-electron chi connectivity index (χ2n) is 4.26. The van der Waals surface area contributed by atoms with E-state index in [1.807, 2.05) is 20.0 Å². The van der Waals surface area contributed by atoms with Crippen LogP contribution in [0.2, 0.25) is 0 Å². The minimum absolute atomic E-state index is 0.135. The fourth-order valence-electron chi connectivity index (χ4n) is 1.79. The Bertz CT molecular complexity index is 708. The number of aryl methyl sites for hydroxylation is 1. The lowest BCUT2D eigenvalue weighted by Gasteiger charge is -2.05. The monoisotopic (exact) mass is 290 g/mol. The number of nitrogens with one attached hydrogen (secondary N) is 1. The Morgan fingerprint density at radius 2 is 2.35 bits per heavy atom. The topological polar surface area (TPSA) is 123 Å². The third kappa shape index (κ3) is 2.31. The summed E-state index contributed by atoms with van der Waals surface area (Å²) in [4.78, 5) is 11.7. The molecule has 2 heterocycles. The molecule has 7 nitrogen and oxygen atoms in total. The predicted octanol–water partition coefficient (Wildman–Crippen LogP) is 0.955. The van der Waals surface area contributed by atoms with Crippen LogP contribution in [-0.4, -0.2) is 15.7 Å². The number of carbonyl (C=O) groups excluding carboxylic acids is 1. The fraction of sp³-hybridized carbons (Fsp3) is 0.250. The zero-order chi connectivity index (χ0) is 14.9. The van der Waals surface area contributed by atoms with Gasteiger partial charge in [-0.2, -0.15) is 10.4 Å². The zero-order valence-corrected chi connectivity index (χ0v) is 11.9. The number of amides is 1. The van der Waals surface area contributed by atoms with E-state index in [1.54, 1.807) is 10.9 Å². The molecule has 0 atom stereocenters. The molecule has 2 aromatic rings. The van der Waals surface area contributed by atoms with Crippen molar-refractivity contribution in [1.82, 2.24) is 9.78 Å². The highest BCUT2D eigenvalue weighted by molar-refractivity contribution is 7.17. The van der Waals surface area contributed by atoms with Crippen LogP contribution in [0, 0.1) is 18.3 Å². The van der Waals surface area contributed by atoms with Gasteiger partial charge in [-0.15, -0.1) is 11.3 Å². The van der Waals surface area contributed by atoms with E-state index < -0.39 is 5.91 Å². The van der Waals surface area contributed by atoms with Crippen LogP contribution in [0.15, 0.2) is 6.20 Å². The average molecular weight is 290 g/mol. The molecule has 2 rings (SSSR count). The van der Waals surface area contributed by atoms with E-state index in [1.165, 1.54) is 0 Å². The maximum atomic E-state index is 11.4. The summed E-state index contributed by atoms with van der Waals surface area (Å²) in [5, 5.41) is 16.7. The van der Waals surface area contributed by atoms with E-state index in [0.717, 1.165) is 22.6 Å². The molecule has 0 saturated carbocycles. The first-order chi connectivity index (χ1) is 9.45. The number of nitrogens with two attached hydrogens (primary N) is 2. The van der Waals surface area contributed by atoms with Crippen LogP contribution >= 0.6 is 11.3 Å². The molecule has 0 radical (unpaired) electrons. The van der Waals surface area contributed by atoms with Crippen molar-refractivity contribution in [3.63, 3.8) is 0 Å². The quantitative estimate of drug-likeness (QED) is 0.773. The standard InChI is InChI=1S/C12H14N6OS/c1-6-7(5-17-18(6)2)4-16-12-9(11(15)19)10(14)8(3-13)20-12/h5,16H,4,14H2,1-2H3,(H2,15,19). The lowest BCUT2D eigenvalue weighted by atomic mass is 10.2. The molecule has 0 aliphatic rings. The first kappa shape index (κ1) is 13.9. The molecule has 5 N–H and O–H groups in total. The number of carbonyl (C=O) groups is 1. The van der Waals surface area contributed by atoms with Gasteiger partial charge in [-0.05, 0) is 6.92 Å². The molecule has 0 aromatic carbocycles. The highest BCUT2D eigenvalue weighted by Gasteiger charge is 2.20. The van der Waals surface area contributed by atoms with Gasteiger partial charge in [-0.1, -0.05) is 0 Å². The minimum atomic E-state index is -0.648. The van der Waals surface area contributed by atoms with Crippen molar-refractivity contribution < 1.29 is 4.79 Å². The number of hydrogen-bond acceptors (Lipinski definition) is 6. The number of nitriles is 1. The van der Waals surface area contributed by atoms with Crippen LogP contribution in [0.1, 0.15) is 26.5 Å². The number of nitrogen functional groups attached to an aromatic ring is 1. The third-order valence-electron chi connectivity index (χ3n) is 3.07.